The Kier molecular flexibility index (Phi) is 5.02. The van der Waals surface area contributed by atoms with Crippen molar-refractivity contribution in [3.8, 4) is 11.3 Å². The van der Waals surface area contributed by atoms with Gasteiger partial charge in [0.2, 0.25) is 11.1 Å². The van der Waals surface area contributed by atoms with Crippen LogP contribution in [0.15, 0.2) is 65.1 Å². The number of nitrogens with one attached hydrogen (secondary N) is 1. The molecule has 146 valence electrons. The number of carbonyl (C=O) groups excluding carboxylic acids is 1. The Labute approximate surface area is 172 Å². The highest BCUT2D eigenvalue weighted by Crippen LogP contribution is 2.36. The molecule has 3 heterocycles. The summed E-state index contributed by atoms with van der Waals surface area (Å²) in [5.74, 6) is 0.439. The van der Waals surface area contributed by atoms with E-state index in [1.807, 2.05) is 49.4 Å². The van der Waals surface area contributed by atoms with Crippen LogP contribution in [0, 0.1) is 6.92 Å². The Morgan fingerprint density at radius 2 is 2.10 bits per heavy atom. The lowest BCUT2D eigenvalue weighted by atomic mass is 10.0. The largest absolute Gasteiger partial charge is 0.325 e. The molecular formula is C21H20N5O2S+. The number of thioether (sulfide) groups is 1. The Hall–Kier alpha value is -3.26. The van der Waals surface area contributed by atoms with Gasteiger partial charge in [-0.3, -0.25) is 14.6 Å². The number of pyridine rings is 1. The van der Waals surface area contributed by atoms with Gasteiger partial charge in [-0.1, -0.05) is 36.0 Å². The van der Waals surface area contributed by atoms with E-state index in [9.17, 15) is 9.59 Å². The van der Waals surface area contributed by atoms with Crippen molar-refractivity contribution in [1.29, 1.82) is 0 Å². The van der Waals surface area contributed by atoms with Gasteiger partial charge in [-0.05, 0) is 35.9 Å². The fraction of sp³-hybridized carbons (Fsp3) is 0.190. The van der Waals surface area contributed by atoms with Gasteiger partial charge in [-0.25, -0.2) is 9.88 Å². The molecule has 0 saturated carbocycles. The summed E-state index contributed by atoms with van der Waals surface area (Å²) in [5.41, 5.74) is 2.90. The standard InChI is InChI=1S/C21H19N5O2S/c1-4-12-29-21-23-19(28)18-15-9-5-6-11-17(15)25(14(3)27)20(26(18)24-21)16-10-7-8-13(2)22-16/h4-11,20H,1,12H2,2-3H3/p+1/t20-/m0/s1. The smallest absolute Gasteiger partial charge is 0.291 e. The second-order valence-corrected chi connectivity index (χ2v) is 7.64. The van der Waals surface area contributed by atoms with E-state index in [4.69, 9.17) is 0 Å². The molecule has 8 heteroatoms. The van der Waals surface area contributed by atoms with E-state index in [1.54, 1.807) is 15.7 Å². The maximum atomic E-state index is 13.1. The first kappa shape index (κ1) is 19.1. The number of aromatic nitrogens is 4. The topological polar surface area (TPSA) is 82.8 Å². The van der Waals surface area contributed by atoms with Crippen molar-refractivity contribution in [1.82, 2.24) is 15.1 Å². The molecule has 0 bridgehead atoms. The van der Waals surface area contributed by atoms with E-state index in [0.29, 0.717) is 33.5 Å². The lowest BCUT2D eigenvalue weighted by Crippen LogP contribution is -2.60. The van der Waals surface area contributed by atoms with Crippen LogP contribution in [0.3, 0.4) is 0 Å². The van der Waals surface area contributed by atoms with Crippen molar-refractivity contribution in [2.24, 2.45) is 0 Å². The van der Waals surface area contributed by atoms with Gasteiger partial charge in [-0.2, -0.15) is 0 Å². The first-order valence-electron chi connectivity index (χ1n) is 9.14. The minimum absolute atomic E-state index is 0.161. The number of hydrogen-bond acceptors (Lipinski definition) is 5. The molecule has 29 heavy (non-hydrogen) atoms. The van der Waals surface area contributed by atoms with E-state index in [0.717, 1.165) is 5.69 Å². The molecule has 1 atom stereocenters. The fourth-order valence-electron chi connectivity index (χ4n) is 3.49. The fourth-order valence-corrected chi connectivity index (χ4v) is 4.08. The summed E-state index contributed by atoms with van der Waals surface area (Å²) < 4.78 is 1.61. The van der Waals surface area contributed by atoms with E-state index in [-0.39, 0.29) is 11.5 Å². The average molecular weight is 406 g/mol. The average Bonchev–Trinajstić information content (AvgIpc) is 2.70. The number of amides is 1. The van der Waals surface area contributed by atoms with Gasteiger partial charge in [0.05, 0.1) is 11.3 Å². The number of hydrogen-bond donors (Lipinski definition) is 1. The van der Waals surface area contributed by atoms with Crippen LogP contribution in [0.2, 0.25) is 0 Å². The first-order valence-corrected chi connectivity index (χ1v) is 10.1. The van der Waals surface area contributed by atoms with Crippen LogP contribution in [0.1, 0.15) is 24.5 Å². The molecule has 1 aliphatic rings. The molecule has 7 nitrogen and oxygen atoms in total. The van der Waals surface area contributed by atoms with E-state index in [1.165, 1.54) is 18.7 Å². The SMILES string of the molecule is C=CCSc1n[n+]2c(c(=O)[nH]1)-c1ccccc1N(C(C)=O)[C@@H]2c1cccc(C)n1. The molecule has 2 aromatic heterocycles. The van der Waals surface area contributed by atoms with E-state index >= 15 is 0 Å². The number of anilines is 1. The molecule has 0 saturated heterocycles. The molecule has 1 aliphatic heterocycles. The summed E-state index contributed by atoms with van der Waals surface area (Å²) >= 11 is 1.37. The number of aromatic amines is 1. The van der Waals surface area contributed by atoms with Gasteiger partial charge in [0.1, 0.15) is 5.69 Å². The van der Waals surface area contributed by atoms with Gasteiger partial charge in [0.25, 0.3) is 0 Å². The van der Waals surface area contributed by atoms with Gasteiger partial charge < -0.3 is 0 Å². The Morgan fingerprint density at radius 3 is 2.83 bits per heavy atom. The molecule has 0 fully saturated rings. The molecule has 0 spiro atoms. The summed E-state index contributed by atoms with van der Waals surface area (Å²) in [6.07, 6.45) is 1.08. The molecule has 0 radical (unpaired) electrons. The molecule has 1 N–H and O–H groups in total. The number of rotatable bonds is 4. The van der Waals surface area contributed by atoms with Crippen molar-refractivity contribution in [2.75, 3.05) is 10.7 Å². The minimum Gasteiger partial charge on any atom is -0.291 e. The van der Waals surface area contributed by atoms with Crippen LogP contribution in [0.4, 0.5) is 5.69 Å². The number of fused-ring (bicyclic) bond motifs is 3. The van der Waals surface area contributed by atoms with Crippen molar-refractivity contribution < 1.29 is 9.48 Å². The lowest BCUT2D eigenvalue weighted by molar-refractivity contribution is -0.763. The van der Waals surface area contributed by atoms with Crippen LogP contribution < -0.4 is 15.1 Å². The van der Waals surface area contributed by atoms with Gasteiger partial charge >= 0.3 is 17.4 Å². The minimum atomic E-state index is -0.664. The zero-order chi connectivity index (χ0) is 20.5. The predicted molar refractivity (Wildman–Crippen MR) is 112 cm³/mol. The molecule has 1 aromatic carbocycles. The van der Waals surface area contributed by atoms with Crippen LogP contribution in [0.5, 0.6) is 0 Å². The molecule has 1 amide bonds. The second-order valence-electron chi connectivity index (χ2n) is 6.64. The summed E-state index contributed by atoms with van der Waals surface area (Å²) in [7, 11) is 0. The summed E-state index contributed by atoms with van der Waals surface area (Å²) in [4.78, 5) is 34.9. The first-order chi connectivity index (χ1) is 14.0. The highest BCUT2D eigenvalue weighted by atomic mass is 32.2. The Morgan fingerprint density at radius 1 is 1.31 bits per heavy atom. The van der Waals surface area contributed by atoms with E-state index in [2.05, 4.69) is 21.6 Å². The maximum absolute atomic E-state index is 13.1. The van der Waals surface area contributed by atoms with Crippen LogP contribution in [-0.4, -0.2) is 26.7 Å². The zero-order valence-corrected chi connectivity index (χ0v) is 16.9. The third-order valence-corrected chi connectivity index (χ3v) is 5.47. The number of para-hydroxylation sites is 1. The number of carbonyl (C=O) groups is 1. The lowest BCUT2D eigenvalue weighted by Gasteiger charge is -2.30. The van der Waals surface area contributed by atoms with Gasteiger partial charge in [0.15, 0.2) is 0 Å². The van der Waals surface area contributed by atoms with Crippen molar-refractivity contribution in [2.45, 2.75) is 25.2 Å². The van der Waals surface area contributed by atoms with Crippen LogP contribution >= 0.6 is 11.8 Å². The normalized spacial score (nSPS) is 14.8. The maximum Gasteiger partial charge on any atom is 0.325 e. The highest BCUT2D eigenvalue weighted by Gasteiger charge is 2.45. The molecule has 0 aliphatic carbocycles. The Bertz CT molecular complexity index is 1170. The number of benzene rings is 1. The van der Waals surface area contributed by atoms with Gasteiger partial charge in [0, 0.05) is 23.5 Å². The summed E-state index contributed by atoms with van der Waals surface area (Å²) in [6, 6.07) is 13.0. The second kappa shape index (κ2) is 7.63. The molecule has 4 rings (SSSR count). The van der Waals surface area contributed by atoms with Crippen molar-refractivity contribution >= 4 is 23.4 Å². The van der Waals surface area contributed by atoms with Crippen molar-refractivity contribution in [3.63, 3.8) is 0 Å². The monoisotopic (exact) mass is 406 g/mol. The number of aryl methyl sites for hydroxylation is 1. The quantitative estimate of drug-likeness (QED) is 0.409. The van der Waals surface area contributed by atoms with E-state index < -0.39 is 6.17 Å². The highest BCUT2D eigenvalue weighted by molar-refractivity contribution is 7.99. The number of nitrogens with zero attached hydrogens (tertiary/aromatic N) is 4. The Balaban J connectivity index is 2.04. The zero-order valence-electron chi connectivity index (χ0n) is 16.1. The number of H-pyrrole nitrogens is 1. The predicted octanol–water partition coefficient (Wildman–Crippen LogP) is 2.62. The summed E-state index contributed by atoms with van der Waals surface area (Å²) in [6.45, 7) is 7.11. The van der Waals surface area contributed by atoms with Crippen LogP contribution in [-0.2, 0) is 4.79 Å². The van der Waals surface area contributed by atoms with Gasteiger partial charge in [-0.15, -0.1) is 6.58 Å². The summed E-state index contributed by atoms with van der Waals surface area (Å²) in [5, 5.41) is 5.13. The molecular weight excluding hydrogens is 386 g/mol. The molecule has 3 aromatic rings. The van der Waals surface area contributed by atoms with Crippen molar-refractivity contribution in [3.05, 3.63) is 76.9 Å². The molecule has 0 unspecified atom stereocenters. The van der Waals surface area contributed by atoms with Crippen LogP contribution in [0.25, 0.3) is 11.3 Å². The third-order valence-electron chi connectivity index (χ3n) is 4.61. The third kappa shape index (κ3) is 3.36.